The molecule has 2 aromatic heterocycles. The lowest BCUT2D eigenvalue weighted by atomic mass is 10.0. The van der Waals surface area contributed by atoms with Gasteiger partial charge in [-0.25, -0.2) is 15.0 Å². The summed E-state index contributed by atoms with van der Waals surface area (Å²) in [6, 6.07) is 0. The molecule has 1 aliphatic carbocycles. The fraction of sp³-hybridized carbons (Fsp3) is 0.588. The highest BCUT2D eigenvalue weighted by atomic mass is 16.6. The third kappa shape index (κ3) is 3.13. The Bertz CT molecular complexity index is 914. The minimum absolute atomic E-state index is 0.105. The van der Waals surface area contributed by atoms with Crippen LogP contribution < -0.4 is 5.73 Å². The number of anilines is 1. The topological polar surface area (TPSA) is 160 Å². The van der Waals surface area contributed by atoms with E-state index in [4.69, 9.17) is 10.5 Å². The summed E-state index contributed by atoms with van der Waals surface area (Å²) >= 11 is 0. The van der Waals surface area contributed by atoms with Gasteiger partial charge in [-0.2, -0.15) is 0 Å². The maximum Gasteiger partial charge on any atom is 0.209 e. The maximum absolute atomic E-state index is 10.4. The molecule has 2 fully saturated rings. The SMILES string of the molecule is Nc1nc(C#CC2(O)CCCC2)nc2c1ncn2[C@@H]1O[C@H](CO)C(O)C1O. The highest BCUT2D eigenvalue weighted by molar-refractivity contribution is 5.82. The lowest BCUT2D eigenvalue weighted by Gasteiger charge is -2.16. The maximum atomic E-state index is 10.4. The van der Waals surface area contributed by atoms with Crippen LogP contribution in [0.2, 0.25) is 0 Å². The van der Waals surface area contributed by atoms with Gasteiger partial charge in [-0.05, 0) is 31.6 Å². The minimum atomic E-state index is -1.27. The molecule has 3 heterocycles. The third-order valence-electron chi connectivity index (χ3n) is 5.08. The smallest absolute Gasteiger partial charge is 0.209 e. The third-order valence-corrected chi connectivity index (χ3v) is 5.08. The number of rotatable bonds is 2. The number of aliphatic hydroxyl groups excluding tert-OH is 3. The Morgan fingerprint density at radius 1 is 1.26 bits per heavy atom. The molecule has 4 rings (SSSR count). The van der Waals surface area contributed by atoms with E-state index in [1.54, 1.807) is 0 Å². The monoisotopic (exact) mass is 375 g/mol. The molecule has 2 aliphatic rings. The minimum Gasteiger partial charge on any atom is -0.394 e. The molecule has 1 saturated carbocycles. The number of nitrogens with two attached hydrogens (primary N) is 1. The fourth-order valence-electron chi connectivity index (χ4n) is 3.55. The van der Waals surface area contributed by atoms with E-state index in [1.165, 1.54) is 10.9 Å². The highest BCUT2D eigenvalue weighted by Gasteiger charge is 2.44. The largest absolute Gasteiger partial charge is 0.394 e. The molecule has 2 unspecified atom stereocenters. The van der Waals surface area contributed by atoms with Crippen LogP contribution in [0.1, 0.15) is 37.7 Å². The van der Waals surface area contributed by atoms with Crippen LogP contribution in [0.4, 0.5) is 5.82 Å². The van der Waals surface area contributed by atoms with Crippen LogP contribution in [0, 0.1) is 11.8 Å². The molecule has 4 atom stereocenters. The van der Waals surface area contributed by atoms with Gasteiger partial charge in [-0.3, -0.25) is 4.57 Å². The van der Waals surface area contributed by atoms with Gasteiger partial charge in [0.15, 0.2) is 17.7 Å². The van der Waals surface area contributed by atoms with Gasteiger partial charge in [0, 0.05) is 0 Å². The Balaban J connectivity index is 1.72. The lowest BCUT2D eigenvalue weighted by Crippen LogP contribution is -2.33. The van der Waals surface area contributed by atoms with E-state index in [1.807, 2.05) is 0 Å². The zero-order valence-electron chi connectivity index (χ0n) is 14.5. The fourth-order valence-corrected chi connectivity index (χ4v) is 3.55. The van der Waals surface area contributed by atoms with Crippen molar-refractivity contribution in [3.05, 3.63) is 12.2 Å². The van der Waals surface area contributed by atoms with Gasteiger partial charge in [0.2, 0.25) is 5.82 Å². The molecule has 0 aromatic carbocycles. The molecular formula is C17H21N5O5. The molecule has 2 aromatic rings. The van der Waals surface area contributed by atoms with Gasteiger partial charge in [-0.15, -0.1) is 0 Å². The molecule has 144 valence electrons. The Morgan fingerprint density at radius 2 is 2.00 bits per heavy atom. The van der Waals surface area contributed by atoms with Gasteiger partial charge in [0.25, 0.3) is 0 Å². The molecule has 1 saturated heterocycles. The standard InChI is InChI=1S/C17H21N5O5/c18-14-11-15(21-10(20-14)3-6-17(26)4-1-2-5-17)22(8-19-11)16-13(25)12(24)9(7-23)27-16/h8-9,12-13,16,23-26H,1-2,4-5,7H2,(H2,18,20,21)/t9-,12?,13?,16-/m1/s1. The molecule has 27 heavy (non-hydrogen) atoms. The Labute approximate surface area is 154 Å². The molecule has 10 nitrogen and oxygen atoms in total. The van der Waals surface area contributed by atoms with E-state index in [-0.39, 0.29) is 17.3 Å². The summed E-state index contributed by atoms with van der Waals surface area (Å²) < 4.78 is 6.94. The average molecular weight is 375 g/mol. The van der Waals surface area contributed by atoms with Crippen molar-refractivity contribution in [2.75, 3.05) is 12.3 Å². The molecular weight excluding hydrogens is 354 g/mol. The van der Waals surface area contributed by atoms with E-state index >= 15 is 0 Å². The predicted octanol–water partition coefficient (Wildman–Crippen LogP) is -1.32. The second-order valence-electron chi connectivity index (χ2n) is 6.97. The number of aliphatic hydroxyl groups is 4. The van der Waals surface area contributed by atoms with E-state index in [0.29, 0.717) is 18.4 Å². The van der Waals surface area contributed by atoms with Crippen molar-refractivity contribution in [2.24, 2.45) is 0 Å². The number of nitrogens with zero attached hydrogens (tertiary/aromatic N) is 4. The second-order valence-corrected chi connectivity index (χ2v) is 6.97. The van der Waals surface area contributed by atoms with Crippen LogP contribution in [0.3, 0.4) is 0 Å². The summed E-state index contributed by atoms with van der Waals surface area (Å²) in [6.07, 6.45) is 0.00997. The van der Waals surface area contributed by atoms with Crippen LogP contribution in [-0.2, 0) is 4.74 Å². The van der Waals surface area contributed by atoms with E-state index in [2.05, 4.69) is 26.8 Å². The molecule has 6 N–H and O–H groups in total. The predicted molar refractivity (Wildman–Crippen MR) is 93.0 cm³/mol. The Morgan fingerprint density at radius 3 is 2.67 bits per heavy atom. The number of fused-ring (bicyclic) bond motifs is 1. The molecule has 0 bridgehead atoms. The summed E-state index contributed by atoms with van der Waals surface area (Å²) in [5.41, 5.74) is 5.50. The number of hydrogen-bond donors (Lipinski definition) is 5. The summed E-state index contributed by atoms with van der Waals surface area (Å²) in [6.45, 7) is -0.437. The number of hydrogen-bond acceptors (Lipinski definition) is 9. The number of ether oxygens (including phenoxy) is 1. The van der Waals surface area contributed by atoms with Gasteiger partial charge < -0.3 is 30.9 Å². The summed E-state index contributed by atoms with van der Waals surface area (Å²) in [5, 5.41) is 39.8. The summed E-state index contributed by atoms with van der Waals surface area (Å²) in [4.78, 5) is 12.6. The van der Waals surface area contributed by atoms with Crippen LogP contribution in [0.5, 0.6) is 0 Å². The molecule has 10 heteroatoms. The van der Waals surface area contributed by atoms with Crippen molar-refractivity contribution >= 4 is 17.0 Å². The van der Waals surface area contributed by atoms with E-state index in [9.17, 15) is 20.4 Å². The number of imidazole rings is 1. The lowest BCUT2D eigenvalue weighted by molar-refractivity contribution is -0.0511. The average Bonchev–Trinajstić information content (AvgIpc) is 3.33. The van der Waals surface area contributed by atoms with E-state index in [0.717, 1.165) is 12.8 Å². The molecule has 0 spiro atoms. The first-order valence-electron chi connectivity index (χ1n) is 8.80. The molecule has 0 radical (unpaired) electrons. The molecule has 1 aliphatic heterocycles. The van der Waals surface area contributed by atoms with Crippen molar-refractivity contribution in [1.82, 2.24) is 19.5 Å². The second kappa shape index (κ2) is 6.70. The summed E-state index contributed by atoms with van der Waals surface area (Å²) in [7, 11) is 0. The van der Waals surface area contributed by atoms with E-state index < -0.39 is 36.7 Å². The van der Waals surface area contributed by atoms with Gasteiger partial charge in [-0.1, -0.05) is 5.92 Å². The molecule has 0 amide bonds. The quantitative estimate of drug-likeness (QED) is 0.401. The van der Waals surface area contributed by atoms with Crippen LogP contribution in [0.25, 0.3) is 11.2 Å². The van der Waals surface area contributed by atoms with Crippen molar-refractivity contribution in [1.29, 1.82) is 0 Å². The van der Waals surface area contributed by atoms with Gasteiger partial charge in [0.1, 0.15) is 29.4 Å². The zero-order chi connectivity index (χ0) is 19.2. The first kappa shape index (κ1) is 18.1. The normalized spacial score (nSPS) is 29.8. The first-order valence-corrected chi connectivity index (χ1v) is 8.80. The first-order chi connectivity index (χ1) is 12.9. The van der Waals surface area contributed by atoms with Gasteiger partial charge >= 0.3 is 0 Å². The Hall–Kier alpha value is -2.29. The summed E-state index contributed by atoms with van der Waals surface area (Å²) in [5.74, 6) is 5.82. The van der Waals surface area contributed by atoms with Crippen molar-refractivity contribution in [2.45, 2.75) is 55.8 Å². The van der Waals surface area contributed by atoms with Crippen LogP contribution >= 0.6 is 0 Å². The van der Waals surface area contributed by atoms with Crippen LogP contribution in [0.15, 0.2) is 6.33 Å². The van der Waals surface area contributed by atoms with Gasteiger partial charge in [0.05, 0.1) is 12.9 Å². The highest BCUT2D eigenvalue weighted by Crippen LogP contribution is 2.32. The van der Waals surface area contributed by atoms with Crippen molar-refractivity contribution < 1.29 is 25.2 Å². The Kier molecular flexibility index (Phi) is 4.49. The van der Waals surface area contributed by atoms with Crippen molar-refractivity contribution in [3.8, 4) is 11.8 Å². The number of aromatic nitrogens is 4. The van der Waals surface area contributed by atoms with Crippen LogP contribution in [-0.4, -0.2) is 70.5 Å². The number of nitrogen functional groups attached to an aromatic ring is 1. The van der Waals surface area contributed by atoms with Crippen molar-refractivity contribution in [3.63, 3.8) is 0 Å². The zero-order valence-corrected chi connectivity index (χ0v) is 14.5.